The van der Waals surface area contributed by atoms with Crippen LogP contribution in [0.2, 0.25) is 0 Å². The first-order valence-corrected chi connectivity index (χ1v) is 3.86. The third-order valence-corrected chi connectivity index (χ3v) is 2.26. The predicted octanol–water partition coefficient (Wildman–Crippen LogP) is 1.42. The Balaban J connectivity index is 2.56. The minimum Gasteiger partial charge on any atom is -0.313 e. The van der Waals surface area contributed by atoms with Gasteiger partial charge in [-0.05, 0) is 18.8 Å². The lowest BCUT2D eigenvalue weighted by Crippen LogP contribution is -2.42. The molecule has 0 spiro atoms. The van der Waals surface area contributed by atoms with Gasteiger partial charge in [0.05, 0.1) is 6.07 Å². The van der Waals surface area contributed by atoms with Crippen LogP contribution < -0.4 is 5.73 Å². The lowest BCUT2D eigenvalue weighted by molar-refractivity contribution is 0.290. The first-order chi connectivity index (χ1) is 4.66. The maximum Gasteiger partial charge on any atom is 0.104 e. The Kier molecular flexibility index (Phi) is 1.96. The van der Waals surface area contributed by atoms with Crippen LogP contribution >= 0.6 is 0 Å². The summed E-state index contributed by atoms with van der Waals surface area (Å²) in [6.07, 6.45) is 4.11. The van der Waals surface area contributed by atoms with E-state index in [2.05, 4.69) is 13.0 Å². The summed E-state index contributed by atoms with van der Waals surface area (Å²) in [4.78, 5) is 0. The number of nitriles is 1. The second-order valence-electron chi connectivity index (χ2n) is 3.47. The molecular formula is C8H14N2. The van der Waals surface area contributed by atoms with Crippen LogP contribution in [0.15, 0.2) is 0 Å². The standard InChI is InChI=1S/C8H14N2/c1-7-3-2-4-8(10,5-7)6-9/h7H,2-5,10H2,1H3/t7-,8+/m1/s1. The molecule has 2 atom stereocenters. The third-order valence-electron chi connectivity index (χ3n) is 2.26. The largest absolute Gasteiger partial charge is 0.313 e. The van der Waals surface area contributed by atoms with Gasteiger partial charge in [0, 0.05) is 0 Å². The molecule has 0 saturated heterocycles. The van der Waals surface area contributed by atoms with E-state index < -0.39 is 5.54 Å². The molecule has 2 heteroatoms. The van der Waals surface area contributed by atoms with E-state index in [0.29, 0.717) is 5.92 Å². The van der Waals surface area contributed by atoms with Crippen LogP contribution in [-0.4, -0.2) is 5.54 Å². The van der Waals surface area contributed by atoms with Gasteiger partial charge in [0.2, 0.25) is 0 Å². The molecule has 1 aliphatic carbocycles. The monoisotopic (exact) mass is 138 g/mol. The first-order valence-electron chi connectivity index (χ1n) is 3.86. The lowest BCUT2D eigenvalue weighted by atomic mass is 9.78. The van der Waals surface area contributed by atoms with Crippen LogP contribution in [0.4, 0.5) is 0 Å². The molecule has 0 aromatic carbocycles. The van der Waals surface area contributed by atoms with E-state index in [1.165, 1.54) is 6.42 Å². The van der Waals surface area contributed by atoms with Crippen molar-refractivity contribution < 1.29 is 0 Å². The predicted molar refractivity (Wildman–Crippen MR) is 40.2 cm³/mol. The summed E-state index contributed by atoms with van der Waals surface area (Å²) in [5, 5.41) is 8.69. The highest BCUT2D eigenvalue weighted by atomic mass is 14.7. The van der Waals surface area contributed by atoms with Crippen molar-refractivity contribution in [2.24, 2.45) is 11.7 Å². The summed E-state index contributed by atoms with van der Waals surface area (Å²) in [6, 6.07) is 2.19. The molecule has 0 aliphatic heterocycles. The molecule has 0 aromatic heterocycles. The highest BCUT2D eigenvalue weighted by Crippen LogP contribution is 2.29. The van der Waals surface area contributed by atoms with Gasteiger partial charge in [-0.25, -0.2) is 0 Å². The Morgan fingerprint density at radius 2 is 2.40 bits per heavy atom. The van der Waals surface area contributed by atoms with E-state index in [9.17, 15) is 0 Å². The van der Waals surface area contributed by atoms with Crippen LogP contribution in [0.25, 0.3) is 0 Å². The molecule has 0 bridgehead atoms. The zero-order valence-corrected chi connectivity index (χ0v) is 6.43. The topological polar surface area (TPSA) is 49.8 Å². The quantitative estimate of drug-likeness (QED) is 0.550. The molecule has 1 rings (SSSR count). The van der Waals surface area contributed by atoms with E-state index in [-0.39, 0.29) is 0 Å². The number of hydrogen-bond acceptors (Lipinski definition) is 2. The van der Waals surface area contributed by atoms with Crippen molar-refractivity contribution in [2.45, 2.75) is 38.1 Å². The van der Waals surface area contributed by atoms with E-state index in [4.69, 9.17) is 11.0 Å². The summed E-state index contributed by atoms with van der Waals surface area (Å²) in [5.74, 6) is 0.637. The first kappa shape index (κ1) is 7.56. The molecule has 1 aliphatic rings. The summed E-state index contributed by atoms with van der Waals surface area (Å²) in [5.41, 5.74) is 5.29. The van der Waals surface area contributed by atoms with E-state index >= 15 is 0 Å². The van der Waals surface area contributed by atoms with Crippen LogP contribution in [-0.2, 0) is 0 Å². The van der Waals surface area contributed by atoms with Crippen LogP contribution in [0.5, 0.6) is 0 Å². The summed E-state index contributed by atoms with van der Waals surface area (Å²) in [6.45, 7) is 2.16. The zero-order valence-electron chi connectivity index (χ0n) is 6.43. The van der Waals surface area contributed by atoms with Crippen molar-refractivity contribution in [1.29, 1.82) is 5.26 Å². The summed E-state index contributed by atoms with van der Waals surface area (Å²) < 4.78 is 0. The molecule has 10 heavy (non-hydrogen) atoms. The highest BCUT2D eigenvalue weighted by molar-refractivity contribution is 5.06. The molecule has 0 unspecified atom stereocenters. The van der Waals surface area contributed by atoms with E-state index in [0.717, 1.165) is 19.3 Å². The highest BCUT2D eigenvalue weighted by Gasteiger charge is 2.30. The van der Waals surface area contributed by atoms with Crippen molar-refractivity contribution in [3.05, 3.63) is 0 Å². The van der Waals surface area contributed by atoms with Gasteiger partial charge in [0.15, 0.2) is 0 Å². The fourth-order valence-electron chi connectivity index (χ4n) is 1.69. The normalized spacial score (nSPS) is 40.7. The number of hydrogen-bond donors (Lipinski definition) is 1. The molecule has 2 N–H and O–H groups in total. The molecule has 2 nitrogen and oxygen atoms in total. The minimum atomic E-state index is -0.502. The van der Waals surface area contributed by atoms with Crippen LogP contribution in [0.3, 0.4) is 0 Å². The Morgan fingerprint density at radius 1 is 1.70 bits per heavy atom. The Hall–Kier alpha value is -0.550. The van der Waals surface area contributed by atoms with E-state index in [1.807, 2.05) is 0 Å². The van der Waals surface area contributed by atoms with Gasteiger partial charge >= 0.3 is 0 Å². The number of rotatable bonds is 0. The van der Waals surface area contributed by atoms with Crippen molar-refractivity contribution in [1.82, 2.24) is 0 Å². The molecule has 1 fully saturated rings. The third kappa shape index (κ3) is 1.48. The number of nitrogens with two attached hydrogens (primary N) is 1. The van der Waals surface area contributed by atoms with Crippen LogP contribution in [0, 0.1) is 17.2 Å². The molecule has 0 radical (unpaired) electrons. The molecule has 1 saturated carbocycles. The Labute approximate surface area is 62.0 Å². The maximum absolute atomic E-state index is 8.69. The number of nitrogens with zero attached hydrogens (tertiary/aromatic N) is 1. The second kappa shape index (κ2) is 2.59. The van der Waals surface area contributed by atoms with Gasteiger partial charge in [0.25, 0.3) is 0 Å². The maximum atomic E-state index is 8.69. The molecular weight excluding hydrogens is 124 g/mol. The van der Waals surface area contributed by atoms with Crippen LogP contribution in [0.1, 0.15) is 32.6 Å². The van der Waals surface area contributed by atoms with Crippen molar-refractivity contribution >= 4 is 0 Å². The fourth-order valence-corrected chi connectivity index (χ4v) is 1.69. The molecule has 56 valence electrons. The van der Waals surface area contributed by atoms with Crippen molar-refractivity contribution in [2.75, 3.05) is 0 Å². The van der Waals surface area contributed by atoms with Gasteiger partial charge in [-0.1, -0.05) is 19.8 Å². The SMILES string of the molecule is C[C@@H]1CCC[C@@](N)(C#N)C1. The average Bonchev–Trinajstić information content (AvgIpc) is 1.88. The Morgan fingerprint density at radius 3 is 2.80 bits per heavy atom. The average molecular weight is 138 g/mol. The van der Waals surface area contributed by atoms with Gasteiger partial charge in [-0.15, -0.1) is 0 Å². The zero-order chi connectivity index (χ0) is 7.61. The summed E-state index contributed by atoms with van der Waals surface area (Å²) >= 11 is 0. The van der Waals surface area contributed by atoms with Crippen molar-refractivity contribution in [3.8, 4) is 6.07 Å². The lowest BCUT2D eigenvalue weighted by Gasteiger charge is -2.30. The van der Waals surface area contributed by atoms with Crippen molar-refractivity contribution in [3.63, 3.8) is 0 Å². The molecule has 0 amide bonds. The van der Waals surface area contributed by atoms with Gasteiger partial charge in [0.1, 0.15) is 5.54 Å². The smallest absolute Gasteiger partial charge is 0.104 e. The fraction of sp³-hybridized carbons (Fsp3) is 0.875. The second-order valence-corrected chi connectivity index (χ2v) is 3.47. The molecule has 0 heterocycles. The molecule has 0 aromatic rings. The minimum absolute atomic E-state index is 0.502. The Bertz CT molecular complexity index is 159. The van der Waals surface area contributed by atoms with Gasteiger partial charge < -0.3 is 5.73 Å². The van der Waals surface area contributed by atoms with Gasteiger partial charge in [-0.2, -0.15) is 5.26 Å². The van der Waals surface area contributed by atoms with E-state index in [1.54, 1.807) is 0 Å². The summed E-state index contributed by atoms with van der Waals surface area (Å²) in [7, 11) is 0. The van der Waals surface area contributed by atoms with Gasteiger partial charge in [-0.3, -0.25) is 0 Å².